The molecule has 2 aromatic carbocycles. The molecule has 2 aromatic heterocycles. The topological polar surface area (TPSA) is 285 Å². The molecule has 17 nitrogen and oxygen atoms in total. The lowest BCUT2D eigenvalue weighted by Crippen LogP contribution is -2.20. The lowest BCUT2D eigenvalue weighted by Gasteiger charge is -2.18. The number of aromatic nitrogens is 2. The molecule has 4 aromatic rings. The second-order valence-corrected chi connectivity index (χ2v) is 23.3. The van der Waals surface area contributed by atoms with Gasteiger partial charge in [-0.1, -0.05) is 0 Å². The fourth-order valence-electron chi connectivity index (χ4n) is 9.17. The first-order chi connectivity index (χ1) is 29.1. The number of Topliss-reactive ketones (excluding diaryl/α,β-unsaturated/α-hetero) is 1. The van der Waals surface area contributed by atoms with Gasteiger partial charge in [-0.25, -0.2) is 38.3 Å². The number of ether oxygens (including phenoxy) is 1. The van der Waals surface area contributed by atoms with Gasteiger partial charge in [0.1, 0.15) is 14.8 Å². The summed E-state index contributed by atoms with van der Waals surface area (Å²) in [6.07, 6.45) is 6.29. The number of nitrogens with zero attached hydrogens (tertiary/aromatic N) is 5. The zero-order chi connectivity index (χ0) is 44.7. The van der Waals surface area contributed by atoms with Crippen molar-refractivity contribution in [3.63, 3.8) is 0 Å². The van der Waals surface area contributed by atoms with Gasteiger partial charge in [-0.15, -0.1) is 31.4 Å². The number of amides is 4. The van der Waals surface area contributed by atoms with E-state index in [0.29, 0.717) is 77.9 Å². The standard InChI is InChI=1S/C41H47N9O8S4/c1-40(2,54)32-17-45-39(59-32)62(44,57)50-38(53)47-33-24-9-10-31(51)27(24)15-21-11-19(12-25(21)33)20-13-26-28(14-20)34(23-8-6-7-22(23)29(26)16-42)48-37(52)49-61(43,56)35-30(18-58-5)46-36(60-35)41(3,4)55/h15,17,19-20,54-55H,6-14,18H2,1-5H3,(H3,43,48,49,52,56)(H3,44,47,50,53,57). The molecule has 0 fully saturated rings. The molecule has 0 spiro atoms. The SMILES string of the molecule is COCc1nc(C(C)(C)O)sc1S(N)(=O)=NC(=O)Nc1c2c(c(C#N)c3c1CC(C1Cc4cc5c(c(NC(=O)N=S(N)(=O)c6ncc(C(C)(C)O)s6)c4C1)CCC5=O)C3)CCC2. The summed E-state index contributed by atoms with van der Waals surface area (Å²) in [7, 11) is -6.18. The Labute approximate surface area is 367 Å². The molecular weight excluding hydrogens is 875 g/mol. The Morgan fingerprint density at radius 3 is 2.16 bits per heavy atom. The number of nitrogens with two attached hydrogens (primary N) is 2. The number of rotatable bonds is 9. The van der Waals surface area contributed by atoms with Gasteiger partial charge < -0.3 is 25.6 Å². The third kappa shape index (κ3) is 8.12. The van der Waals surface area contributed by atoms with Crippen LogP contribution in [0.5, 0.6) is 0 Å². The van der Waals surface area contributed by atoms with Crippen LogP contribution in [-0.4, -0.2) is 53.6 Å². The number of nitrogens with one attached hydrogen (secondary N) is 2. The van der Waals surface area contributed by atoms with Crippen LogP contribution in [0.4, 0.5) is 21.0 Å². The number of carbonyl (C=O) groups is 3. The van der Waals surface area contributed by atoms with Crippen LogP contribution >= 0.6 is 22.7 Å². The Balaban J connectivity index is 1.09. The largest absolute Gasteiger partial charge is 0.385 e. The zero-order valence-electron chi connectivity index (χ0n) is 34.7. The highest BCUT2D eigenvalue weighted by Crippen LogP contribution is 2.49. The maximum atomic E-state index is 13.9. The fourth-order valence-corrected chi connectivity index (χ4v) is 13.7. The number of urea groups is 2. The number of carbonyl (C=O) groups excluding carboxylic acids is 3. The quantitative estimate of drug-likeness (QED) is 0.119. The van der Waals surface area contributed by atoms with E-state index in [4.69, 9.17) is 15.0 Å². The van der Waals surface area contributed by atoms with Crippen LogP contribution in [0.3, 0.4) is 0 Å². The normalized spacial score (nSPS) is 19.8. The van der Waals surface area contributed by atoms with E-state index < -0.39 is 43.1 Å². The number of thiazole rings is 2. The molecule has 4 aliphatic carbocycles. The van der Waals surface area contributed by atoms with E-state index in [0.717, 1.165) is 62.5 Å². The van der Waals surface area contributed by atoms with E-state index in [1.54, 1.807) is 13.8 Å². The molecule has 21 heteroatoms. The Hall–Kier alpha value is -4.50. The maximum absolute atomic E-state index is 13.9. The van der Waals surface area contributed by atoms with E-state index in [9.17, 15) is 38.3 Å². The number of fused-ring (bicyclic) bond motifs is 4. The number of hydrogen-bond acceptors (Lipinski definition) is 13. The predicted octanol–water partition coefficient (Wildman–Crippen LogP) is 5.69. The van der Waals surface area contributed by atoms with Crippen molar-refractivity contribution < 1.29 is 37.8 Å². The molecular formula is C41H47N9O8S4. The van der Waals surface area contributed by atoms with Gasteiger partial charge in [0.05, 0.1) is 34.4 Å². The maximum Gasteiger partial charge on any atom is 0.354 e. The second kappa shape index (κ2) is 15.9. The number of ketones is 1. The number of anilines is 2. The Kier molecular flexibility index (Phi) is 11.3. The van der Waals surface area contributed by atoms with E-state index in [1.807, 2.05) is 6.07 Å². The van der Waals surface area contributed by atoms with Crippen molar-refractivity contribution >= 4 is 71.7 Å². The van der Waals surface area contributed by atoms with Crippen molar-refractivity contribution in [1.82, 2.24) is 9.97 Å². The van der Waals surface area contributed by atoms with Gasteiger partial charge in [-0.2, -0.15) is 5.26 Å². The van der Waals surface area contributed by atoms with Crippen LogP contribution < -0.4 is 20.9 Å². The zero-order valence-corrected chi connectivity index (χ0v) is 38.0. The van der Waals surface area contributed by atoms with E-state index >= 15 is 0 Å². The number of nitriles is 1. The number of benzene rings is 2. The number of methoxy groups -OCH3 is 1. The average Bonchev–Trinajstić information content (AvgIpc) is 4.02. The molecule has 0 radical (unpaired) electrons. The summed E-state index contributed by atoms with van der Waals surface area (Å²) < 4.78 is 40.4. The van der Waals surface area contributed by atoms with Crippen LogP contribution in [0.1, 0.15) is 111 Å². The van der Waals surface area contributed by atoms with Crippen molar-refractivity contribution in [1.29, 1.82) is 5.26 Å². The first kappa shape index (κ1) is 44.1. The van der Waals surface area contributed by atoms with Crippen molar-refractivity contribution in [2.75, 3.05) is 17.7 Å². The van der Waals surface area contributed by atoms with Gasteiger partial charge in [0.25, 0.3) is 0 Å². The summed E-state index contributed by atoms with van der Waals surface area (Å²) in [6, 6.07) is 2.49. The predicted molar refractivity (Wildman–Crippen MR) is 234 cm³/mol. The van der Waals surface area contributed by atoms with E-state index in [2.05, 4.69) is 35.4 Å². The van der Waals surface area contributed by atoms with Crippen molar-refractivity contribution in [2.45, 2.75) is 112 Å². The molecule has 0 bridgehead atoms. The smallest absolute Gasteiger partial charge is 0.354 e. The van der Waals surface area contributed by atoms with Crippen LogP contribution in [-0.2, 0) is 87.3 Å². The highest BCUT2D eigenvalue weighted by atomic mass is 32.2. The van der Waals surface area contributed by atoms with Gasteiger partial charge in [-0.05, 0) is 136 Å². The van der Waals surface area contributed by atoms with Gasteiger partial charge >= 0.3 is 12.1 Å². The fraction of sp³-hybridized carbons (Fsp3) is 0.463. The molecule has 62 heavy (non-hydrogen) atoms. The molecule has 0 saturated heterocycles. The first-order valence-corrected chi connectivity index (χ1v) is 24.8. The first-order valence-electron chi connectivity index (χ1n) is 20.0. The molecule has 4 unspecified atom stereocenters. The summed E-state index contributed by atoms with van der Waals surface area (Å²) in [5.74, 6) is -0.0199. The highest BCUT2D eigenvalue weighted by molar-refractivity contribution is 7.94. The summed E-state index contributed by atoms with van der Waals surface area (Å²) in [6.45, 7) is 6.09. The van der Waals surface area contributed by atoms with Gasteiger partial charge in [0.15, 0.2) is 25.6 Å². The molecule has 8 rings (SSSR count). The number of aliphatic hydroxyl groups is 2. The minimum absolute atomic E-state index is 0.00355. The molecule has 0 saturated carbocycles. The minimum Gasteiger partial charge on any atom is -0.385 e. The summed E-state index contributed by atoms with van der Waals surface area (Å²) in [5, 5.41) is 49.8. The van der Waals surface area contributed by atoms with Crippen molar-refractivity contribution in [2.24, 2.45) is 30.8 Å². The molecule has 4 amide bonds. The summed E-state index contributed by atoms with van der Waals surface area (Å²) in [5.41, 5.74) is 5.53. The third-order valence-electron chi connectivity index (χ3n) is 12.0. The van der Waals surface area contributed by atoms with E-state index in [1.165, 1.54) is 27.2 Å². The molecule has 328 valence electrons. The highest BCUT2D eigenvalue weighted by Gasteiger charge is 2.41. The molecule has 0 aliphatic heterocycles. The Morgan fingerprint density at radius 2 is 1.52 bits per heavy atom. The lowest BCUT2D eigenvalue weighted by molar-refractivity contribution is 0.0775. The molecule has 8 N–H and O–H groups in total. The van der Waals surface area contributed by atoms with Crippen LogP contribution in [0.25, 0.3) is 0 Å². The molecule has 4 atom stereocenters. The lowest BCUT2D eigenvalue weighted by atomic mass is 9.87. The second-order valence-electron chi connectivity index (χ2n) is 17.3. The number of hydrogen-bond donors (Lipinski definition) is 6. The minimum atomic E-state index is -3.84. The average molecular weight is 922 g/mol. The summed E-state index contributed by atoms with van der Waals surface area (Å²) >= 11 is 1.81. The Morgan fingerprint density at radius 1 is 0.887 bits per heavy atom. The summed E-state index contributed by atoms with van der Waals surface area (Å²) in [4.78, 5) is 49.2. The van der Waals surface area contributed by atoms with Crippen LogP contribution in [0.15, 0.2) is 29.5 Å². The molecule has 2 heterocycles. The van der Waals surface area contributed by atoms with Gasteiger partial charge in [-0.3, -0.25) is 4.79 Å². The van der Waals surface area contributed by atoms with Crippen LogP contribution in [0.2, 0.25) is 0 Å². The van der Waals surface area contributed by atoms with Crippen molar-refractivity contribution in [3.8, 4) is 6.07 Å². The van der Waals surface area contributed by atoms with Crippen molar-refractivity contribution in [3.05, 3.63) is 77.9 Å². The molecule has 4 aliphatic rings. The third-order valence-corrected chi connectivity index (χ3v) is 18.4. The van der Waals surface area contributed by atoms with E-state index in [-0.39, 0.29) is 49.9 Å². The Bertz CT molecular complexity index is 2900. The van der Waals surface area contributed by atoms with Gasteiger partial charge in [0.2, 0.25) is 4.34 Å². The van der Waals surface area contributed by atoms with Gasteiger partial charge in [0, 0.05) is 36.7 Å². The monoisotopic (exact) mass is 921 g/mol. The van der Waals surface area contributed by atoms with Crippen LogP contribution in [0, 0.1) is 23.2 Å².